The first kappa shape index (κ1) is 14.9. The van der Waals surface area contributed by atoms with E-state index in [-0.39, 0.29) is 6.61 Å². The molecule has 0 amide bonds. The molecule has 0 aliphatic carbocycles. The predicted octanol–water partition coefficient (Wildman–Crippen LogP) is 1.84. The molecule has 0 rings (SSSR count). The maximum Gasteiger partial charge on any atom is 0.116 e. The smallest absolute Gasteiger partial charge is 0.116 e. The van der Waals surface area contributed by atoms with Crippen LogP contribution in [0.2, 0.25) is 0 Å². The summed E-state index contributed by atoms with van der Waals surface area (Å²) in [6, 6.07) is 0. The van der Waals surface area contributed by atoms with Gasteiger partial charge in [-0.1, -0.05) is 40.0 Å². The van der Waals surface area contributed by atoms with Crippen molar-refractivity contribution in [1.29, 1.82) is 0 Å². The first-order chi connectivity index (χ1) is 6.99. The standard InChI is InChI=1S/C12H26O3/c1-4-7-11(14,8-5-2)12(15,10-13)9-6-3/h13-15H,4-10H2,1-3H3. The van der Waals surface area contributed by atoms with Crippen molar-refractivity contribution in [2.24, 2.45) is 0 Å². The van der Waals surface area contributed by atoms with Gasteiger partial charge in [0.15, 0.2) is 0 Å². The fourth-order valence-corrected chi connectivity index (χ4v) is 2.29. The van der Waals surface area contributed by atoms with Gasteiger partial charge in [-0.15, -0.1) is 0 Å². The Morgan fingerprint density at radius 1 is 0.733 bits per heavy atom. The van der Waals surface area contributed by atoms with Gasteiger partial charge < -0.3 is 15.3 Å². The summed E-state index contributed by atoms with van der Waals surface area (Å²) in [4.78, 5) is 0. The van der Waals surface area contributed by atoms with Gasteiger partial charge in [0.2, 0.25) is 0 Å². The third-order valence-corrected chi connectivity index (χ3v) is 3.12. The van der Waals surface area contributed by atoms with Crippen LogP contribution >= 0.6 is 0 Å². The van der Waals surface area contributed by atoms with Crippen LogP contribution in [0.1, 0.15) is 59.3 Å². The highest BCUT2D eigenvalue weighted by molar-refractivity contribution is 4.98. The number of rotatable bonds is 8. The molecule has 3 nitrogen and oxygen atoms in total. The second kappa shape index (κ2) is 6.46. The van der Waals surface area contributed by atoms with E-state index in [0.717, 1.165) is 19.3 Å². The Bertz CT molecular complexity index is 164. The molecule has 0 saturated carbocycles. The lowest BCUT2D eigenvalue weighted by atomic mass is 9.74. The number of hydrogen-bond donors (Lipinski definition) is 3. The van der Waals surface area contributed by atoms with E-state index < -0.39 is 11.2 Å². The van der Waals surface area contributed by atoms with Gasteiger partial charge in [-0.2, -0.15) is 0 Å². The molecule has 0 aromatic rings. The number of aliphatic hydroxyl groups excluding tert-OH is 1. The van der Waals surface area contributed by atoms with Gasteiger partial charge in [0.1, 0.15) is 5.60 Å². The van der Waals surface area contributed by atoms with Gasteiger partial charge in [0.25, 0.3) is 0 Å². The van der Waals surface area contributed by atoms with E-state index >= 15 is 0 Å². The fraction of sp³-hybridized carbons (Fsp3) is 1.00. The maximum absolute atomic E-state index is 10.5. The van der Waals surface area contributed by atoms with E-state index in [2.05, 4.69) is 0 Å². The molecule has 3 N–H and O–H groups in total. The summed E-state index contributed by atoms with van der Waals surface area (Å²) in [7, 11) is 0. The molecule has 0 aliphatic heterocycles. The molecule has 0 bridgehead atoms. The van der Waals surface area contributed by atoms with Crippen molar-refractivity contribution >= 4 is 0 Å². The average Bonchev–Trinajstić information content (AvgIpc) is 2.18. The Morgan fingerprint density at radius 3 is 1.33 bits per heavy atom. The molecule has 92 valence electrons. The lowest BCUT2D eigenvalue weighted by Crippen LogP contribution is -2.56. The molecule has 1 atom stereocenters. The van der Waals surface area contributed by atoms with Crippen molar-refractivity contribution in [2.45, 2.75) is 70.5 Å². The average molecular weight is 218 g/mol. The van der Waals surface area contributed by atoms with E-state index in [0.29, 0.717) is 19.3 Å². The molecule has 0 aromatic heterocycles. The van der Waals surface area contributed by atoms with Crippen LogP contribution in [0.5, 0.6) is 0 Å². The van der Waals surface area contributed by atoms with Crippen LogP contribution in [-0.4, -0.2) is 33.1 Å². The van der Waals surface area contributed by atoms with Crippen LogP contribution in [0, 0.1) is 0 Å². The Kier molecular flexibility index (Phi) is 6.41. The molecule has 0 aromatic carbocycles. The molecule has 0 fully saturated rings. The minimum Gasteiger partial charge on any atom is -0.393 e. The molecule has 0 heterocycles. The summed E-state index contributed by atoms with van der Waals surface area (Å²) in [6.07, 6.45) is 3.90. The Hall–Kier alpha value is -0.120. The zero-order valence-electron chi connectivity index (χ0n) is 10.3. The highest BCUT2D eigenvalue weighted by Gasteiger charge is 2.46. The first-order valence-electron chi connectivity index (χ1n) is 6.05. The maximum atomic E-state index is 10.5. The third-order valence-electron chi connectivity index (χ3n) is 3.12. The van der Waals surface area contributed by atoms with Crippen molar-refractivity contribution in [3.63, 3.8) is 0 Å². The van der Waals surface area contributed by atoms with E-state index in [1.165, 1.54) is 0 Å². The van der Waals surface area contributed by atoms with Crippen molar-refractivity contribution in [3.8, 4) is 0 Å². The molecule has 0 saturated heterocycles. The van der Waals surface area contributed by atoms with Crippen LogP contribution < -0.4 is 0 Å². The molecule has 0 aliphatic rings. The van der Waals surface area contributed by atoms with Crippen LogP contribution in [0.4, 0.5) is 0 Å². The number of aliphatic hydroxyl groups is 3. The SMILES string of the molecule is CCCC(O)(CO)C(O)(CCC)CCC. The van der Waals surface area contributed by atoms with E-state index in [9.17, 15) is 15.3 Å². The highest BCUT2D eigenvalue weighted by atomic mass is 16.4. The third kappa shape index (κ3) is 3.44. The Morgan fingerprint density at radius 2 is 1.07 bits per heavy atom. The van der Waals surface area contributed by atoms with Gasteiger partial charge in [0, 0.05) is 0 Å². The van der Waals surface area contributed by atoms with Crippen molar-refractivity contribution in [3.05, 3.63) is 0 Å². The summed E-state index contributed by atoms with van der Waals surface area (Å²) >= 11 is 0. The minimum absolute atomic E-state index is 0.364. The van der Waals surface area contributed by atoms with Gasteiger partial charge in [-0.05, 0) is 19.3 Å². The Labute approximate surface area is 93.1 Å². The van der Waals surface area contributed by atoms with Crippen LogP contribution in [0.3, 0.4) is 0 Å². The molecular formula is C12H26O3. The lowest BCUT2D eigenvalue weighted by molar-refractivity contribution is -0.183. The predicted molar refractivity (Wildman–Crippen MR) is 61.7 cm³/mol. The minimum atomic E-state index is -1.34. The topological polar surface area (TPSA) is 60.7 Å². The monoisotopic (exact) mass is 218 g/mol. The summed E-state index contributed by atoms with van der Waals surface area (Å²) in [5.74, 6) is 0. The second-order valence-corrected chi connectivity index (χ2v) is 4.47. The zero-order chi connectivity index (χ0) is 11.9. The molecular weight excluding hydrogens is 192 g/mol. The van der Waals surface area contributed by atoms with Crippen molar-refractivity contribution in [1.82, 2.24) is 0 Å². The van der Waals surface area contributed by atoms with Crippen LogP contribution in [0.25, 0.3) is 0 Å². The summed E-state index contributed by atoms with van der Waals surface area (Å²) in [6.45, 7) is 5.53. The molecule has 0 spiro atoms. The van der Waals surface area contributed by atoms with Crippen LogP contribution in [0.15, 0.2) is 0 Å². The largest absolute Gasteiger partial charge is 0.393 e. The number of hydrogen-bond acceptors (Lipinski definition) is 3. The fourth-order valence-electron chi connectivity index (χ4n) is 2.29. The molecule has 15 heavy (non-hydrogen) atoms. The van der Waals surface area contributed by atoms with Crippen molar-refractivity contribution < 1.29 is 15.3 Å². The second-order valence-electron chi connectivity index (χ2n) is 4.47. The van der Waals surface area contributed by atoms with E-state index in [1.54, 1.807) is 0 Å². The summed E-state index contributed by atoms with van der Waals surface area (Å²) in [5, 5.41) is 30.0. The summed E-state index contributed by atoms with van der Waals surface area (Å²) in [5.41, 5.74) is -2.48. The lowest BCUT2D eigenvalue weighted by Gasteiger charge is -2.42. The summed E-state index contributed by atoms with van der Waals surface area (Å²) < 4.78 is 0. The Balaban J connectivity index is 4.81. The van der Waals surface area contributed by atoms with Gasteiger partial charge in [0.05, 0.1) is 12.2 Å². The first-order valence-corrected chi connectivity index (χ1v) is 6.05. The molecule has 3 heteroatoms. The van der Waals surface area contributed by atoms with Crippen LogP contribution in [-0.2, 0) is 0 Å². The normalized spacial score (nSPS) is 16.4. The quantitative estimate of drug-likeness (QED) is 0.582. The molecule has 0 radical (unpaired) electrons. The zero-order valence-corrected chi connectivity index (χ0v) is 10.3. The van der Waals surface area contributed by atoms with Crippen molar-refractivity contribution in [2.75, 3.05) is 6.61 Å². The van der Waals surface area contributed by atoms with Gasteiger partial charge >= 0.3 is 0 Å². The van der Waals surface area contributed by atoms with E-state index in [1.807, 2.05) is 20.8 Å². The van der Waals surface area contributed by atoms with E-state index in [4.69, 9.17) is 0 Å². The van der Waals surface area contributed by atoms with Gasteiger partial charge in [-0.3, -0.25) is 0 Å². The van der Waals surface area contributed by atoms with Gasteiger partial charge in [-0.25, -0.2) is 0 Å². The molecule has 1 unspecified atom stereocenters. The highest BCUT2D eigenvalue weighted by Crippen LogP contribution is 2.35.